The molecule has 63 nitrogen and oxygen atoms in total. The van der Waals surface area contributed by atoms with Gasteiger partial charge in [0, 0.05) is 27.7 Å². The van der Waals surface area contributed by atoms with Gasteiger partial charge in [-0.05, 0) is 13.8 Å². The van der Waals surface area contributed by atoms with E-state index in [1.807, 2.05) is 0 Å². The van der Waals surface area contributed by atoms with Crippen molar-refractivity contribution in [1.29, 1.82) is 0 Å². The van der Waals surface area contributed by atoms with E-state index in [1.54, 1.807) is 0 Å². The van der Waals surface area contributed by atoms with Crippen LogP contribution < -0.4 is 21.3 Å². The zero-order valence-electron chi connectivity index (χ0n) is 77.0. The second-order valence-corrected chi connectivity index (χ2v) is 36.6. The topological polar surface area (TPSA) is 976 Å². The fourth-order valence-electron chi connectivity index (χ4n) is 18.7. The number of carbonyl (C=O) groups is 4. The lowest BCUT2D eigenvalue weighted by atomic mass is 9.93. The van der Waals surface area contributed by atoms with Crippen LogP contribution in [0.1, 0.15) is 41.5 Å². The number of aliphatic hydroxyl groups is 32. The smallest absolute Gasteiger partial charge is 0.217 e. The molecule has 4 amide bonds. The van der Waals surface area contributed by atoms with Gasteiger partial charge in [0.25, 0.3) is 0 Å². The number of carbonyl (C=O) groups excluding carboxylic acids is 4. The predicted octanol–water partition coefficient (Wildman–Crippen LogP) is -24.5. The van der Waals surface area contributed by atoms with Crippen molar-refractivity contribution in [3.8, 4) is 0 Å². The van der Waals surface area contributed by atoms with E-state index in [2.05, 4.69) is 21.3 Å². The highest BCUT2D eigenvalue weighted by molar-refractivity contribution is 5.74. The van der Waals surface area contributed by atoms with E-state index >= 15 is 0 Å². The van der Waals surface area contributed by atoms with Gasteiger partial charge in [-0.2, -0.15) is 0 Å². The van der Waals surface area contributed by atoms with Crippen LogP contribution in [0.4, 0.5) is 0 Å². The second kappa shape index (κ2) is 51.0. The molecule has 0 aliphatic carbocycles. The van der Waals surface area contributed by atoms with Crippen LogP contribution in [0.15, 0.2) is 0 Å². The van der Waals surface area contributed by atoms with Crippen molar-refractivity contribution in [3.05, 3.63) is 0 Å². The quantitative estimate of drug-likeness (QED) is 0.0277. The summed E-state index contributed by atoms with van der Waals surface area (Å²) in [6.07, 6.45) is -119. The van der Waals surface area contributed by atoms with Crippen LogP contribution in [0.2, 0.25) is 0 Å². The fraction of sp³-hybridized carbons (Fsp3) is 0.950. The Balaban J connectivity index is 0.871. The van der Waals surface area contributed by atoms with Crippen LogP contribution >= 0.6 is 0 Å². The van der Waals surface area contributed by atoms with Crippen LogP contribution in [0.5, 0.6) is 0 Å². The maximum Gasteiger partial charge on any atom is 0.217 e. The first-order chi connectivity index (χ1) is 67.6. The third kappa shape index (κ3) is 25.8. The summed E-state index contributed by atoms with van der Waals surface area (Å²) in [5.41, 5.74) is 0. The van der Waals surface area contributed by atoms with Gasteiger partial charge in [-0.15, -0.1) is 0 Å². The summed E-state index contributed by atoms with van der Waals surface area (Å²) in [6.45, 7) is -5.53. The zero-order valence-corrected chi connectivity index (χ0v) is 77.0. The highest BCUT2D eigenvalue weighted by Gasteiger charge is 2.64. The van der Waals surface area contributed by atoms with Crippen LogP contribution in [-0.4, -0.2) is 621 Å². The monoisotopic (exact) mass is 2090 g/mol. The standard InChI is InChI=1S/C80H134N4O59/c1-17-37(97)49(109)55(115)73(123-17)121-16-32-63(45(105)33(69(120)125-32)81-19(3)93)135-70-34(82-20(4)94)46(106)61(29(13-91)131-70)137-77-59(119)64(139-79-67(54(114)42(102)26(10-88)129-79)142-72-35(83-21(5)95)47(107)60(28(12-90)132-72)136-75-57(117)51(111)39(99)23(7-85)126-75)44(104)31(134-77)15-122-78-66(53(113)41(101)25(9-87)128-78)141-71-36(84-22(6)96)48(108)62(30(14-92)133-71)138-80-68(143-74-56(116)50(110)38(98)18(2)124-74)65(43(103)27(11-89)130-80)140-76-58(118)52(112)40(100)24(8-86)127-76/h17-18,23-80,85-92,97-120H,7-16H2,1-6H3,(H,81,93)(H,82,94)(H,83,95)(H,84,96)/t17-,18-,23+,24+,25+,26+,27+,28+,29+,30+,31+,32+,33+,34+,35-,36+,37+,38+,39-,40-,41+,42+,43-,44+,45+,46+,47+,48+,49+,50+,51-,52-,53-,54-,55-,56-,57+,58+,59-,60+,61+,62+,63+,64-,65-,66-,67-,68+,69+,70-,71-,72-,73+,74-,75-,76+,77-,78-,79+,80-/m0/s1. The SMILES string of the molecule is CC(=O)N[C@@H]1[C@H](O[C@@H]2[C@@H](O[C@@H]3[C@H](O)[C@H](O[C@H]4[C@H](O)[C@@H](NC(C)=O)[C@H](O[C@H]5[C@H](O)[C@@H](NC(C)=O)[C@H](O)O[C@@H]5CO[C@@H]5O[C@@H](C)[C@@H](O)[C@@H](O)[C@@H]5O)O[C@@H]4CO)O[C@H](CO[C@H]4O[C@H](CO)[C@@H](O)[C@H](O)[C@@H]4O[C@@H]4O[C@H](CO)[C@@H](O[C@@H]5O[C@H](CO)[C@H](O)[C@H](O[C@H]6O[C@H](CO)[C@H](O)[C@H](O)[C@H]6O)[C@H]5O[C@@H]5O[C@@H](C)[C@@H](O)[C@@H](O)[C@@H]5O)[C@H](O)[C@H]4NC(C)=O)[C@H]3O)O[C@H](CO)[C@@H](O)[C@@H]2O)O[C@H](CO)[C@@H](O[C@@H]2O[C@H](CO)[C@H](O)[C@H](O)[C@H]2O)[C@@H]1O. The summed E-state index contributed by atoms with van der Waals surface area (Å²) in [4.78, 5) is 52.5. The lowest BCUT2D eigenvalue weighted by molar-refractivity contribution is -0.406. The minimum atomic E-state index is -2.69. The minimum absolute atomic E-state index is 0.870. The molecule has 12 aliphatic rings. The number of ether oxygens (including phenoxy) is 23. The van der Waals surface area contributed by atoms with E-state index in [0.29, 0.717) is 0 Å². The number of hydrogen-bond donors (Lipinski definition) is 36. The van der Waals surface area contributed by atoms with Gasteiger partial charge in [0.1, 0.15) is 281 Å². The zero-order chi connectivity index (χ0) is 105. The molecular weight excluding hydrogens is 1960 g/mol. The summed E-state index contributed by atoms with van der Waals surface area (Å²) < 4.78 is 138. The van der Waals surface area contributed by atoms with Crippen LogP contribution in [0.3, 0.4) is 0 Å². The van der Waals surface area contributed by atoms with Gasteiger partial charge < -0.3 is 294 Å². The molecule has 12 fully saturated rings. The Morgan fingerprint density at radius 3 is 0.846 bits per heavy atom. The average molecular weight is 2100 g/mol. The second-order valence-electron chi connectivity index (χ2n) is 36.6. The Morgan fingerprint density at radius 1 is 0.196 bits per heavy atom. The van der Waals surface area contributed by atoms with E-state index in [-0.39, 0.29) is 0 Å². The number of hydrogen-bond acceptors (Lipinski definition) is 59. The van der Waals surface area contributed by atoms with Crippen molar-refractivity contribution >= 4 is 23.6 Å². The van der Waals surface area contributed by atoms with Crippen molar-refractivity contribution in [2.45, 2.75) is 410 Å². The Kier molecular flexibility index (Phi) is 41.8. The van der Waals surface area contributed by atoms with E-state index in [0.717, 1.165) is 27.7 Å². The Hall–Kier alpha value is -4.32. The molecule has 0 radical (unpaired) electrons. The summed E-state index contributed by atoms with van der Waals surface area (Å²) in [6, 6.07) is -8.03. The first-order valence-electron chi connectivity index (χ1n) is 45.9. The molecule has 12 saturated heterocycles. The number of aliphatic hydroxyl groups excluding tert-OH is 32. The third-order valence-electron chi connectivity index (χ3n) is 26.6. The lowest BCUT2D eigenvalue weighted by Gasteiger charge is -2.51. The highest BCUT2D eigenvalue weighted by Crippen LogP contribution is 2.43. The van der Waals surface area contributed by atoms with Crippen LogP contribution in [0, 0.1) is 0 Å². The fourth-order valence-corrected chi connectivity index (χ4v) is 18.7. The number of amides is 4. The van der Waals surface area contributed by atoms with Crippen molar-refractivity contribution in [3.63, 3.8) is 0 Å². The maximum atomic E-state index is 13.4. The van der Waals surface area contributed by atoms with Crippen molar-refractivity contribution in [1.82, 2.24) is 21.3 Å². The number of rotatable bonds is 36. The van der Waals surface area contributed by atoms with Gasteiger partial charge in [0.2, 0.25) is 23.6 Å². The number of nitrogens with one attached hydrogen (secondary N) is 4. The Morgan fingerprint density at radius 2 is 0.441 bits per heavy atom. The molecule has 36 N–H and O–H groups in total. The Bertz CT molecular complexity index is 3960. The van der Waals surface area contributed by atoms with Gasteiger partial charge in [-0.25, -0.2) is 0 Å². The molecule has 143 heavy (non-hydrogen) atoms. The summed E-state index contributed by atoms with van der Waals surface area (Å²) >= 11 is 0. The average Bonchev–Trinajstić information content (AvgIpc) is 0.685. The van der Waals surface area contributed by atoms with Gasteiger partial charge in [0.15, 0.2) is 75.5 Å². The molecular formula is C80H134N4O59. The predicted molar refractivity (Wildman–Crippen MR) is 439 cm³/mol. The Labute approximate surface area is 809 Å². The van der Waals surface area contributed by atoms with E-state index in [4.69, 9.17) is 109 Å². The molecule has 828 valence electrons. The highest BCUT2D eigenvalue weighted by atomic mass is 16.8. The van der Waals surface area contributed by atoms with Gasteiger partial charge in [-0.3, -0.25) is 19.2 Å². The molecule has 0 aromatic heterocycles. The summed E-state index contributed by atoms with van der Waals surface area (Å²) in [7, 11) is 0. The van der Waals surface area contributed by atoms with E-state index in [9.17, 15) is 183 Å². The molecule has 0 aromatic carbocycles. The largest absolute Gasteiger partial charge is 0.394 e. The lowest BCUT2D eigenvalue weighted by Crippen LogP contribution is -2.71. The molecule has 12 aliphatic heterocycles. The minimum Gasteiger partial charge on any atom is -0.394 e. The molecule has 0 saturated carbocycles. The van der Waals surface area contributed by atoms with Crippen molar-refractivity contribution in [2.75, 3.05) is 66.1 Å². The molecule has 60 atom stereocenters. The summed E-state index contributed by atoms with van der Waals surface area (Å²) in [5, 5.41) is 370. The van der Waals surface area contributed by atoms with E-state index in [1.165, 1.54) is 13.8 Å². The first kappa shape index (κ1) is 117. The van der Waals surface area contributed by atoms with Crippen LogP contribution in [-0.2, 0) is 128 Å². The maximum absolute atomic E-state index is 13.4. The first-order valence-corrected chi connectivity index (χ1v) is 45.9. The van der Waals surface area contributed by atoms with Crippen molar-refractivity contribution < 1.29 is 292 Å². The summed E-state index contributed by atoms with van der Waals surface area (Å²) in [5.74, 6) is -3.96. The molecule has 63 heteroatoms. The molecule has 0 spiro atoms. The van der Waals surface area contributed by atoms with Gasteiger partial charge in [-0.1, -0.05) is 0 Å². The normalized spacial score (nSPS) is 50.7. The molecule has 0 aromatic rings. The molecule has 12 heterocycles. The van der Waals surface area contributed by atoms with Gasteiger partial charge in [0.05, 0.1) is 78.3 Å². The molecule has 12 rings (SSSR count). The van der Waals surface area contributed by atoms with Gasteiger partial charge >= 0.3 is 0 Å². The van der Waals surface area contributed by atoms with Crippen LogP contribution in [0.25, 0.3) is 0 Å². The van der Waals surface area contributed by atoms with E-state index < -0.39 is 458 Å². The molecule has 0 bridgehead atoms. The van der Waals surface area contributed by atoms with Crippen molar-refractivity contribution in [2.24, 2.45) is 0 Å². The third-order valence-corrected chi connectivity index (χ3v) is 26.6. The molecule has 0 unspecified atom stereocenters.